The maximum absolute atomic E-state index is 14.3. The van der Waals surface area contributed by atoms with Crippen molar-refractivity contribution < 1.29 is 22.0 Å². The summed E-state index contributed by atoms with van der Waals surface area (Å²) >= 11 is 15.7. The van der Waals surface area contributed by atoms with Gasteiger partial charge in [-0.05, 0) is 86.5 Å². The first-order chi connectivity index (χ1) is 23.2. The summed E-state index contributed by atoms with van der Waals surface area (Å²) in [6, 6.07) is 15.8. The fourth-order valence-corrected chi connectivity index (χ4v) is 6.88. The van der Waals surface area contributed by atoms with E-state index in [9.17, 15) is 22.0 Å². The second kappa shape index (κ2) is 15.9. The van der Waals surface area contributed by atoms with Crippen LogP contribution in [0.2, 0.25) is 10.0 Å². The number of hydrogen-bond donors (Lipinski definition) is 0. The highest BCUT2D eigenvalue weighted by atomic mass is 79.9. The Kier molecular flexibility index (Phi) is 12.4. The molecule has 0 N–H and O–H groups in total. The number of aromatic nitrogens is 4. The van der Waals surface area contributed by atoms with Gasteiger partial charge in [0.05, 0.1) is 27.8 Å². The van der Waals surface area contributed by atoms with E-state index in [0.29, 0.717) is 49.6 Å². The van der Waals surface area contributed by atoms with Gasteiger partial charge >= 0.3 is 0 Å². The number of halogens is 8. The van der Waals surface area contributed by atoms with Crippen molar-refractivity contribution in [1.82, 2.24) is 19.6 Å². The first-order valence-electron chi connectivity index (χ1n) is 15.0. The minimum Gasteiger partial charge on any atom is -0.271 e. The van der Waals surface area contributed by atoms with E-state index in [1.54, 1.807) is 61.6 Å². The lowest BCUT2D eigenvalue weighted by molar-refractivity contribution is 0.555. The monoisotopic (exact) mass is 790 g/mol. The van der Waals surface area contributed by atoms with Crippen LogP contribution in [0.5, 0.6) is 0 Å². The number of nitrogens with zero attached hydrogens (tertiary/aromatic N) is 4. The molecule has 0 saturated carbocycles. The molecule has 0 saturated heterocycles. The lowest BCUT2D eigenvalue weighted by atomic mass is 9.98. The SMILES string of the molecule is C.Cc1cc(F)c(Cc2c(-c3ccc(F)cc3Cl)c(C)nn2C)c(F)c1.Cc1nn(C)c(Cc2c(F)cccc2Cl)c1-c1ccc(F)cc1Br. The van der Waals surface area contributed by atoms with Crippen LogP contribution < -0.4 is 0 Å². The molecule has 0 bridgehead atoms. The highest BCUT2D eigenvalue weighted by Crippen LogP contribution is 2.37. The van der Waals surface area contributed by atoms with Gasteiger partial charge in [0, 0.05) is 64.2 Å². The van der Waals surface area contributed by atoms with Crippen molar-refractivity contribution in [2.75, 3.05) is 0 Å². The highest BCUT2D eigenvalue weighted by Gasteiger charge is 2.22. The molecule has 2 aromatic heterocycles. The summed E-state index contributed by atoms with van der Waals surface area (Å²) in [5.41, 5.74) is 6.65. The molecular formula is C38H34BrCl2F5N4. The van der Waals surface area contributed by atoms with Gasteiger partial charge in [0.2, 0.25) is 0 Å². The summed E-state index contributed by atoms with van der Waals surface area (Å²) in [6.07, 6.45) is 0.306. The normalized spacial score (nSPS) is 10.9. The molecule has 262 valence electrons. The van der Waals surface area contributed by atoms with E-state index < -0.39 is 17.5 Å². The molecule has 4 aromatic carbocycles. The molecule has 4 nitrogen and oxygen atoms in total. The van der Waals surface area contributed by atoms with Crippen LogP contribution >= 0.6 is 39.1 Å². The van der Waals surface area contributed by atoms with Crippen molar-refractivity contribution in [2.45, 2.75) is 41.0 Å². The maximum Gasteiger partial charge on any atom is 0.129 e. The molecule has 12 heteroatoms. The first kappa shape index (κ1) is 38.8. The molecule has 0 unspecified atom stereocenters. The molecule has 50 heavy (non-hydrogen) atoms. The van der Waals surface area contributed by atoms with E-state index in [-0.39, 0.29) is 36.1 Å². The van der Waals surface area contributed by atoms with Crippen molar-refractivity contribution in [2.24, 2.45) is 14.1 Å². The molecule has 0 radical (unpaired) electrons. The highest BCUT2D eigenvalue weighted by molar-refractivity contribution is 9.10. The second-order valence-electron chi connectivity index (χ2n) is 11.6. The molecule has 0 aliphatic carbocycles. The quantitative estimate of drug-likeness (QED) is 0.158. The average Bonchev–Trinajstić information content (AvgIpc) is 3.44. The minimum absolute atomic E-state index is 0. The van der Waals surface area contributed by atoms with Crippen LogP contribution in [-0.4, -0.2) is 19.6 Å². The standard InChI is InChI=1S/C19H16ClF3N2.C18H14BrClF2N2.CH4/c1-10-6-16(22)14(17(23)7-10)9-18-19(11(2)24-25(18)3)13-5-4-12(21)8-15(13)20;1-10-18(12-7-6-11(21)8-14(12)19)17(24(2)23-10)9-13-15(20)4-3-5-16(13)22;/h4-8H,9H2,1-3H3;3-8H,9H2,1-2H3;1H4. The van der Waals surface area contributed by atoms with Crippen LogP contribution in [0.25, 0.3) is 22.3 Å². The summed E-state index contributed by atoms with van der Waals surface area (Å²) < 4.78 is 73.3. The fourth-order valence-electron chi connectivity index (χ4n) is 5.84. The molecule has 6 aromatic rings. The van der Waals surface area contributed by atoms with Gasteiger partial charge in [-0.25, -0.2) is 22.0 Å². The molecule has 0 fully saturated rings. The van der Waals surface area contributed by atoms with Crippen molar-refractivity contribution in [3.63, 3.8) is 0 Å². The topological polar surface area (TPSA) is 35.6 Å². The third kappa shape index (κ3) is 8.14. The number of aryl methyl sites for hydroxylation is 5. The van der Waals surface area contributed by atoms with E-state index in [1.807, 2.05) is 6.92 Å². The molecular weight excluding hydrogens is 758 g/mol. The minimum atomic E-state index is -0.604. The van der Waals surface area contributed by atoms with Crippen LogP contribution in [0.4, 0.5) is 22.0 Å². The van der Waals surface area contributed by atoms with Crippen LogP contribution in [-0.2, 0) is 26.9 Å². The Morgan fingerprint density at radius 1 is 0.620 bits per heavy atom. The summed E-state index contributed by atoms with van der Waals surface area (Å²) in [5, 5.41) is 9.38. The lowest BCUT2D eigenvalue weighted by Gasteiger charge is -2.11. The van der Waals surface area contributed by atoms with E-state index in [2.05, 4.69) is 26.1 Å². The number of hydrogen-bond acceptors (Lipinski definition) is 2. The Hall–Kier alpha value is -3.99. The predicted molar refractivity (Wildman–Crippen MR) is 194 cm³/mol. The van der Waals surface area contributed by atoms with Crippen molar-refractivity contribution in [1.29, 1.82) is 0 Å². The Labute approximate surface area is 306 Å². The largest absolute Gasteiger partial charge is 0.271 e. The molecule has 0 aliphatic heterocycles. The van der Waals surface area contributed by atoms with E-state index >= 15 is 0 Å². The molecule has 0 atom stereocenters. The Morgan fingerprint density at radius 3 is 1.64 bits per heavy atom. The molecule has 6 rings (SSSR count). The zero-order chi connectivity index (χ0) is 35.7. The summed E-state index contributed by atoms with van der Waals surface area (Å²) in [4.78, 5) is 0. The maximum atomic E-state index is 14.3. The van der Waals surface area contributed by atoms with Crippen LogP contribution in [0.3, 0.4) is 0 Å². The fraction of sp³-hybridized carbons (Fsp3) is 0.211. The van der Waals surface area contributed by atoms with Crippen molar-refractivity contribution >= 4 is 39.1 Å². The van der Waals surface area contributed by atoms with Crippen LogP contribution in [0.1, 0.15) is 46.9 Å². The van der Waals surface area contributed by atoms with E-state index in [1.165, 1.54) is 42.5 Å². The van der Waals surface area contributed by atoms with E-state index in [4.69, 9.17) is 23.2 Å². The molecule has 0 aliphatic rings. The van der Waals surface area contributed by atoms with Gasteiger partial charge in [-0.15, -0.1) is 0 Å². The second-order valence-corrected chi connectivity index (χ2v) is 13.2. The predicted octanol–water partition coefficient (Wildman–Crippen LogP) is 11.7. The first-order valence-corrected chi connectivity index (χ1v) is 16.5. The smallest absolute Gasteiger partial charge is 0.129 e. The van der Waals surface area contributed by atoms with Gasteiger partial charge in [0.1, 0.15) is 29.1 Å². The Morgan fingerprint density at radius 2 is 1.12 bits per heavy atom. The van der Waals surface area contributed by atoms with Gasteiger partial charge < -0.3 is 0 Å². The summed E-state index contributed by atoms with van der Waals surface area (Å²) in [6.45, 7) is 5.28. The van der Waals surface area contributed by atoms with Gasteiger partial charge in [-0.2, -0.15) is 10.2 Å². The number of rotatable bonds is 6. The van der Waals surface area contributed by atoms with E-state index in [0.717, 1.165) is 22.5 Å². The van der Waals surface area contributed by atoms with Gasteiger partial charge in [-0.1, -0.05) is 58.7 Å². The lowest BCUT2D eigenvalue weighted by Crippen LogP contribution is -2.05. The van der Waals surface area contributed by atoms with Gasteiger partial charge in [0.25, 0.3) is 0 Å². The molecule has 0 spiro atoms. The zero-order valence-corrected chi connectivity index (χ0v) is 30.2. The van der Waals surface area contributed by atoms with Gasteiger partial charge in [-0.3, -0.25) is 9.36 Å². The average molecular weight is 793 g/mol. The molecule has 2 heterocycles. The van der Waals surface area contributed by atoms with Crippen molar-refractivity contribution in [3.05, 3.63) is 150 Å². The zero-order valence-electron chi connectivity index (χ0n) is 27.1. The van der Waals surface area contributed by atoms with Crippen LogP contribution in [0, 0.1) is 49.9 Å². The molecule has 0 amide bonds. The summed E-state index contributed by atoms with van der Waals surface area (Å²) in [5.74, 6) is -2.34. The van der Waals surface area contributed by atoms with Gasteiger partial charge in [0.15, 0.2) is 0 Å². The van der Waals surface area contributed by atoms with Crippen LogP contribution in [0.15, 0.2) is 71.2 Å². The van der Waals surface area contributed by atoms with Crippen molar-refractivity contribution in [3.8, 4) is 22.3 Å². The third-order valence-corrected chi connectivity index (χ3v) is 9.44. The summed E-state index contributed by atoms with van der Waals surface area (Å²) in [7, 11) is 3.51. The third-order valence-electron chi connectivity index (χ3n) is 8.12. The Bertz CT molecular complexity index is 2150. The number of benzene rings is 4. The Balaban J connectivity index is 0.000000220.